The number of carbonyl (C=O) groups excluding carboxylic acids is 1. The molecular weight excluding hydrogens is 320 g/mol. The molecule has 0 spiro atoms. The number of carbonyl (C=O) groups is 1. The molecule has 22 heavy (non-hydrogen) atoms. The monoisotopic (exact) mass is 342 g/mol. The van der Waals surface area contributed by atoms with E-state index in [-0.39, 0.29) is 5.91 Å². The van der Waals surface area contributed by atoms with E-state index in [1.807, 2.05) is 36.6 Å². The van der Waals surface area contributed by atoms with Gasteiger partial charge in [-0.15, -0.1) is 0 Å². The summed E-state index contributed by atoms with van der Waals surface area (Å²) in [5.41, 5.74) is 0.785. The normalized spacial score (nSPS) is 13.2. The van der Waals surface area contributed by atoms with Crippen LogP contribution in [0.2, 0.25) is 0 Å². The minimum Gasteiger partial charge on any atom is -0.347 e. The summed E-state index contributed by atoms with van der Waals surface area (Å²) in [7, 11) is -0.448. The number of benzene rings is 1. The van der Waals surface area contributed by atoms with Crippen LogP contribution in [0, 0.1) is 0 Å². The molecule has 0 aliphatic rings. The van der Waals surface area contributed by atoms with Gasteiger partial charge in [0.1, 0.15) is 6.04 Å². The van der Waals surface area contributed by atoms with Crippen molar-refractivity contribution in [2.24, 2.45) is 0 Å². The third-order valence-corrected chi connectivity index (χ3v) is 4.65. The Morgan fingerprint density at radius 1 is 1.32 bits per heavy atom. The lowest BCUT2D eigenvalue weighted by Gasteiger charge is -2.20. The van der Waals surface area contributed by atoms with Gasteiger partial charge in [0.2, 0.25) is 15.9 Å². The van der Waals surface area contributed by atoms with Crippen molar-refractivity contribution in [3.63, 3.8) is 0 Å². The number of nitrogens with one attached hydrogen (secondary N) is 1. The van der Waals surface area contributed by atoms with E-state index in [4.69, 9.17) is 0 Å². The largest absolute Gasteiger partial charge is 0.347 e. The Balaban J connectivity index is 2.81. The Morgan fingerprint density at radius 2 is 1.95 bits per heavy atom. The third kappa shape index (κ3) is 6.64. The first-order chi connectivity index (χ1) is 10.4. The molecular formula is C15H22N2O3S2. The molecule has 122 valence electrons. The fraction of sp³-hybridized carbons (Fsp3) is 0.400. The van der Waals surface area contributed by atoms with E-state index in [2.05, 4.69) is 4.72 Å². The van der Waals surface area contributed by atoms with Crippen molar-refractivity contribution in [2.75, 3.05) is 26.1 Å². The number of rotatable bonds is 8. The Labute approximate surface area is 136 Å². The molecule has 1 atom stereocenters. The Bertz CT molecular complexity index is 598. The van der Waals surface area contributed by atoms with Crippen molar-refractivity contribution < 1.29 is 13.2 Å². The van der Waals surface area contributed by atoms with Gasteiger partial charge in [0, 0.05) is 19.5 Å². The standard InChI is InChI=1S/C15H22N2O3S2/c1-17(2)15(18)14(9-11-21-3)16-22(19,20)12-10-13-7-5-4-6-8-13/h4-8,10,12,14,16H,9,11H2,1-3H3. The van der Waals surface area contributed by atoms with Crippen molar-refractivity contribution in [3.8, 4) is 0 Å². The lowest BCUT2D eigenvalue weighted by Crippen LogP contribution is -2.45. The molecule has 0 aromatic heterocycles. The quantitative estimate of drug-likeness (QED) is 0.782. The van der Waals surface area contributed by atoms with Crippen LogP contribution in [-0.4, -0.2) is 51.4 Å². The van der Waals surface area contributed by atoms with Crippen LogP contribution in [0.1, 0.15) is 12.0 Å². The topological polar surface area (TPSA) is 66.5 Å². The lowest BCUT2D eigenvalue weighted by molar-refractivity contribution is -0.130. The fourth-order valence-corrected chi connectivity index (χ4v) is 3.25. The van der Waals surface area contributed by atoms with Gasteiger partial charge < -0.3 is 4.90 Å². The zero-order valence-electron chi connectivity index (χ0n) is 13.0. The number of sulfonamides is 1. The van der Waals surface area contributed by atoms with E-state index < -0.39 is 16.1 Å². The number of hydrogen-bond donors (Lipinski definition) is 1. The number of amides is 1. The summed E-state index contributed by atoms with van der Waals surface area (Å²) in [5.74, 6) is 0.459. The Morgan fingerprint density at radius 3 is 2.50 bits per heavy atom. The summed E-state index contributed by atoms with van der Waals surface area (Å²) in [6, 6.07) is 8.39. The van der Waals surface area contributed by atoms with Crippen LogP contribution in [0.4, 0.5) is 0 Å². The fourth-order valence-electron chi connectivity index (χ4n) is 1.75. The smallest absolute Gasteiger partial charge is 0.240 e. The number of thioether (sulfide) groups is 1. The lowest BCUT2D eigenvalue weighted by atomic mass is 10.2. The summed E-state index contributed by atoms with van der Waals surface area (Å²) in [5, 5.41) is 1.09. The Kier molecular flexibility index (Phi) is 7.64. The maximum absolute atomic E-state index is 12.1. The first kappa shape index (κ1) is 18.7. The molecule has 1 amide bonds. The molecule has 0 saturated heterocycles. The Hall–Kier alpha value is -1.31. The van der Waals surface area contributed by atoms with Gasteiger partial charge in [-0.25, -0.2) is 8.42 Å². The van der Waals surface area contributed by atoms with Crippen molar-refractivity contribution in [1.29, 1.82) is 0 Å². The average molecular weight is 342 g/mol. The third-order valence-electron chi connectivity index (χ3n) is 2.90. The van der Waals surface area contributed by atoms with Crippen LogP contribution in [0.15, 0.2) is 35.7 Å². The molecule has 1 rings (SSSR count). The molecule has 0 radical (unpaired) electrons. The average Bonchev–Trinajstić information content (AvgIpc) is 2.49. The SMILES string of the molecule is CSCCC(NS(=O)(=O)C=Cc1ccccc1)C(=O)N(C)C. The minimum absolute atomic E-state index is 0.245. The molecule has 0 heterocycles. The van der Waals surface area contributed by atoms with Crippen LogP contribution in [0.3, 0.4) is 0 Å². The molecule has 7 heteroatoms. The number of hydrogen-bond acceptors (Lipinski definition) is 4. The molecule has 0 bridgehead atoms. The van der Waals surface area contributed by atoms with E-state index in [9.17, 15) is 13.2 Å². The second-order valence-electron chi connectivity index (χ2n) is 4.94. The summed E-state index contributed by atoms with van der Waals surface area (Å²) in [4.78, 5) is 13.5. The second kappa shape index (κ2) is 8.97. The first-order valence-corrected chi connectivity index (χ1v) is 9.75. The molecule has 0 fully saturated rings. The summed E-state index contributed by atoms with van der Waals surface area (Å²) < 4.78 is 26.7. The van der Waals surface area contributed by atoms with Gasteiger partial charge in [0.05, 0.1) is 0 Å². The van der Waals surface area contributed by atoms with Crippen molar-refractivity contribution >= 4 is 33.8 Å². The minimum atomic E-state index is -3.68. The van der Waals surface area contributed by atoms with Crippen molar-refractivity contribution in [1.82, 2.24) is 9.62 Å². The zero-order valence-corrected chi connectivity index (χ0v) is 14.7. The van der Waals surface area contributed by atoms with Crippen LogP contribution in [-0.2, 0) is 14.8 Å². The highest BCUT2D eigenvalue weighted by Gasteiger charge is 2.23. The molecule has 0 aliphatic heterocycles. The highest BCUT2D eigenvalue weighted by molar-refractivity contribution is 7.98. The van der Waals surface area contributed by atoms with Gasteiger partial charge in [-0.2, -0.15) is 16.5 Å². The van der Waals surface area contributed by atoms with Gasteiger partial charge in [-0.1, -0.05) is 30.3 Å². The zero-order chi connectivity index (χ0) is 16.6. The molecule has 0 saturated carbocycles. The van der Waals surface area contributed by atoms with E-state index in [1.54, 1.807) is 25.9 Å². The van der Waals surface area contributed by atoms with Gasteiger partial charge in [0.15, 0.2) is 0 Å². The van der Waals surface area contributed by atoms with Crippen molar-refractivity contribution in [2.45, 2.75) is 12.5 Å². The first-order valence-electron chi connectivity index (χ1n) is 6.81. The summed E-state index contributed by atoms with van der Waals surface area (Å²) >= 11 is 1.57. The van der Waals surface area contributed by atoms with Crippen molar-refractivity contribution in [3.05, 3.63) is 41.3 Å². The van der Waals surface area contributed by atoms with Crippen LogP contribution in [0.5, 0.6) is 0 Å². The molecule has 5 nitrogen and oxygen atoms in total. The summed E-state index contributed by atoms with van der Waals surface area (Å²) in [6.07, 6.45) is 3.88. The van der Waals surface area contributed by atoms with Gasteiger partial charge in [-0.05, 0) is 30.1 Å². The predicted octanol–water partition coefficient (Wildman–Crippen LogP) is 1.79. The van der Waals surface area contributed by atoms with Crippen LogP contribution < -0.4 is 4.72 Å². The molecule has 1 unspecified atom stereocenters. The molecule has 1 aromatic carbocycles. The van der Waals surface area contributed by atoms with Gasteiger partial charge in [0.25, 0.3) is 0 Å². The molecule has 1 N–H and O–H groups in total. The van der Waals surface area contributed by atoms with E-state index >= 15 is 0 Å². The van der Waals surface area contributed by atoms with Gasteiger partial charge in [-0.3, -0.25) is 4.79 Å². The second-order valence-corrected chi connectivity index (χ2v) is 7.53. The highest BCUT2D eigenvalue weighted by Crippen LogP contribution is 2.07. The molecule has 0 aliphatic carbocycles. The maximum Gasteiger partial charge on any atom is 0.240 e. The molecule has 1 aromatic rings. The van der Waals surface area contributed by atoms with E-state index in [0.717, 1.165) is 11.0 Å². The maximum atomic E-state index is 12.1. The summed E-state index contributed by atoms with van der Waals surface area (Å²) in [6.45, 7) is 0. The highest BCUT2D eigenvalue weighted by atomic mass is 32.2. The number of likely N-dealkylation sites (N-methyl/N-ethyl adjacent to an activating group) is 1. The predicted molar refractivity (Wildman–Crippen MR) is 93.0 cm³/mol. The van der Waals surface area contributed by atoms with E-state index in [0.29, 0.717) is 12.2 Å². The van der Waals surface area contributed by atoms with Gasteiger partial charge >= 0.3 is 0 Å². The van der Waals surface area contributed by atoms with Crippen LogP contribution >= 0.6 is 11.8 Å². The van der Waals surface area contributed by atoms with E-state index in [1.165, 1.54) is 11.0 Å². The number of nitrogens with zero attached hydrogens (tertiary/aromatic N) is 1. The van der Waals surface area contributed by atoms with Crippen LogP contribution in [0.25, 0.3) is 6.08 Å².